The maximum Gasteiger partial charge on any atom is 0.410 e. The second-order valence-electron chi connectivity index (χ2n) is 15.0. The summed E-state index contributed by atoms with van der Waals surface area (Å²) in [6, 6.07) is 17.2. The summed E-state index contributed by atoms with van der Waals surface area (Å²) >= 11 is 0.168. The van der Waals surface area contributed by atoms with Crippen molar-refractivity contribution >= 4 is 68.7 Å². The molecule has 4 aliphatic heterocycles. The Labute approximate surface area is 320 Å². The average Bonchev–Trinajstić information content (AvgIpc) is 3.60. The van der Waals surface area contributed by atoms with E-state index in [1.165, 1.54) is 23.4 Å². The Balaban J connectivity index is 0.000000199. The summed E-state index contributed by atoms with van der Waals surface area (Å²) in [5.41, 5.74) is 2.33. The summed E-state index contributed by atoms with van der Waals surface area (Å²) in [4.78, 5) is 60.9. The number of rotatable bonds is 7. The van der Waals surface area contributed by atoms with Gasteiger partial charge in [0.1, 0.15) is 0 Å². The summed E-state index contributed by atoms with van der Waals surface area (Å²) in [6.07, 6.45) is 4.44. The first kappa shape index (κ1) is 39.7. The molecule has 0 aromatic heterocycles. The van der Waals surface area contributed by atoms with E-state index in [9.17, 15) is 19.2 Å². The first-order valence-corrected chi connectivity index (χ1v) is 29.3. The largest absolute Gasteiger partial charge is 0.469 e. The fourth-order valence-electron chi connectivity index (χ4n) is 8.91. The zero-order valence-corrected chi connectivity index (χ0v) is 35.9. The molecule has 0 aliphatic carbocycles. The normalized spacial score (nSPS) is 27.9. The Morgan fingerprint density at radius 3 is 1.41 bits per heavy atom. The van der Waals surface area contributed by atoms with E-state index in [1.807, 2.05) is 11.8 Å². The number of amides is 2. The molecule has 8 atom stereocenters. The van der Waals surface area contributed by atoms with Crippen molar-refractivity contribution in [3.8, 4) is 0 Å². The van der Waals surface area contributed by atoms with Crippen molar-refractivity contribution in [1.82, 2.24) is 9.80 Å². The third-order valence-corrected chi connectivity index (χ3v) is 17.9. The van der Waals surface area contributed by atoms with Crippen LogP contribution in [0.1, 0.15) is 75.3 Å². The maximum atomic E-state index is 12.7. The Bertz CT molecular complexity index is 1550. The van der Waals surface area contributed by atoms with Crippen LogP contribution in [-0.2, 0) is 28.5 Å². The van der Waals surface area contributed by atoms with Crippen LogP contribution in [0.15, 0.2) is 48.5 Å². The van der Waals surface area contributed by atoms with Gasteiger partial charge in [-0.25, -0.2) is 4.79 Å². The molecule has 8 unspecified atom stereocenters. The van der Waals surface area contributed by atoms with Gasteiger partial charge in [-0.15, -0.1) is 0 Å². The van der Waals surface area contributed by atoms with Gasteiger partial charge in [0.05, 0.1) is 19.6 Å². The molecule has 0 N–H and O–H groups in total. The molecule has 4 aliphatic rings. The molecule has 51 heavy (non-hydrogen) atoms. The van der Waals surface area contributed by atoms with Crippen molar-refractivity contribution in [2.24, 2.45) is 11.8 Å². The molecule has 4 fully saturated rings. The van der Waals surface area contributed by atoms with Crippen LogP contribution in [0.3, 0.4) is 0 Å². The number of carbonyl (C=O) groups excluding carboxylic acids is 4. The van der Waals surface area contributed by atoms with Crippen LogP contribution < -0.4 is 3.58 Å². The van der Waals surface area contributed by atoms with Crippen molar-refractivity contribution in [1.29, 1.82) is 0 Å². The first-order chi connectivity index (χ1) is 24.3. The van der Waals surface area contributed by atoms with Gasteiger partial charge < -0.3 is 14.4 Å². The number of esters is 2. The number of ether oxygens (including phenoxy) is 4. The number of hydrogen-bond donors (Lipinski definition) is 0. The van der Waals surface area contributed by atoms with Gasteiger partial charge in [0.2, 0.25) is 0 Å². The molecule has 12 heteroatoms. The Kier molecular flexibility index (Phi) is 13.3. The van der Waals surface area contributed by atoms with Crippen LogP contribution in [-0.4, -0.2) is 104 Å². The third-order valence-electron chi connectivity index (χ3n) is 11.2. The molecular weight excluding hydrogens is 870 g/mol. The van der Waals surface area contributed by atoms with Crippen LogP contribution in [0.2, 0.25) is 14.8 Å². The van der Waals surface area contributed by atoms with Gasteiger partial charge >= 0.3 is 179 Å². The fraction of sp³-hybridized carbons (Fsp3) is 0.590. The Morgan fingerprint density at radius 2 is 1.06 bits per heavy atom. The van der Waals surface area contributed by atoms with Crippen LogP contribution in [0.5, 0.6) is 0 Å². The molecule has 0 saturated carbocycles. The molecule has 0 radical (unpaired) electrons. The van der Waals surface area contributed by atoms with E-state index < -0.39 is 18.4 Å². The molecule has 10 nitrogen and oxygen atoms in total. The van der Waals surface area contributed by atoms with Gasteiger partial charge in [0.15, 0.2) is 0 Å². The zero-order valence-electron chi connectivity index (χ0n) is 30.9. The fourth-order valence-corrected chi connectivity index (χ4v) is 12.6. The van der Waals surface area contributed by atoms with Crippen molar-refractivity contribution in [3.63, 3.8) is 0 Å². The van der Waals surface area contributed by atoms with E-state index in [-0.39, 0.29) is 72.0 Å². The number of nitrogens with zero attached hydrogens (tertiary/aromatic N) is 2. The van der Waals surface area contributed by atoms with Crippen molar-refractivity contribution in [2.45, 2.75) is 103 Å². The first-order valence-electron chi connectivity index (χ1n) is 18.3. The molecule has 4 saturated heterocycles. The number of halogens is 1. The summed E-state index contributed by atoms with van der Waals surface area (Å²) in [5.74, 6) is -0.959. The summed E-state index contributed by atoms with van der Waals surface area (Å²) < 4.78 is 23.4. The second kappa shape index (κ2) is 17.1. The standard InChI is InChI=1S/C18H22INO4.C18H22NO4.3CH3.Sn/c1-3-24-18(22)20-13-8-9-15(20)16(17(21)23-2)14(10-13)11-4-6-12(19)7-5-11;1-3-23-18(21)19-13-9-10-15(19)16(17(20)22-2)14(11-13)12-7-5-4-6-8-12;;;;/h4-7,13-16H,3,8-10H2,1-2H3;5-8,13-16H,3,9-11H2,1-2H3;3*1H3;. The summed E-state index contributed by atoms with van der Waals surface area (Å²) in [5, 5.41) is 0. The smallest absolute Gasteiger partial charge is 0.410 e. The topological polar surface area (TPSA) is 112 Å². The average molecular weight is 923 g/mol. The minimum Gasteiger partial charge on any atom is -0.469 e. The van der Waals surface area contributed by atoms with Crippen LogP contribution >= 0.6 is 22.6 Å². The molecular formula is C39H53IN2O8Sn. The quantitative estimate of drug-likeness (QED) is 0.126. The minimum atomic E-state index is -2.11. The van der Waals surface area contributed by atoms with E-state index in [4.69, 9.17) is 18.9 Å². The van der Waals surface area contributed by atoms with E-state index in [1.54, 1.807) is 11.8 Å². The SMILES string of the molecule is CCOC(=O)N1C2CCC1C(C(=O)OC)C(c1cc[c]([Sn]([CH3])([CH3])[CH3])cc1)C2.CCOC(=O)N1C2CCC1C(C(=O)OC)C(c1ccc(I)cc1)C2. The number of piperidine rings is 2. The van der Waals surface area contributed by atoms with Gasteiger partial charge in [-0.05, 0) is 66.5 Å². The van der Waals surface area contributed by atoms with Crippen LogP contribution in [0.4, 0.5) is 9.59 Å². The minimum absolute atomic E-state index is 0.0811. The van der Waals surface area contributed by atoms with Crippen LogP contribution in [0.25, 0.3) is 0 Å². The van der Waals surface area contributed by atoms with Gasteiger partial charge in [-0.1, -0.05) is 12.1 Å². The van der Waals surface area contributed by atoms with E-state index in [0.717, 1.165) is 47.7 Å². The molecule has 4 bridgehead atoms. The van der Waals surface area contributed by atoms with Gasteiger partial charge in [-0.3, -0.25) is 4.79 Å². The predicted octanol–water partition coefficient (Wildman–Crippen LogP) is 7.06. The van der Waals surface area contributed by atoms with Crippen molar-refractivity contribution in [2.75, 3.05) is 27.4 Å². The van der Waals surface area contributed by atoms with E-state index in [2.05, 4.69) is 85.9 Å². The number of hydrogen-bond acceptors (Lipinski definition) is 8. The maximum absolute atomic E-state index is 12.7. The van der Waals surface area contributed by atoms with Crippen molar-refractivity contribution < 1.29 is 38.1 Å². The predicted molar refractivity (Wildman–Crippen MR) is 206 cm³/mol. The number of methoxy groups -OCH3 is 2. The second-order valence-corrected chi connectivity index (χ2v) is 30.8. The number of benzene rings is 2. The molecule has 2 amide bonds. The Hall–Kier alpha value is -2.55. The molecule has 6 rings (SSSR count). The number of fused-ring (bicyclic) bond motifs is 4. The zero-order chi connectivity index (χ0) is 37.0. The summed E-state index contributed by atoms with van der Waals surface area (Å²) in [7, 11) is 2.86. The number of carbonyl (C=O) groups is 4. The molecule has 2 aromatic rings. The van der Waals surface area contributed by atoms with Gasteiger partial charge in [-0.2, -0.15) is 0 Å². The van der Waals surface area contributed by atoms with E-state index >= 15 is 0 Å². The van der Waals surface area contributed by atoms with Gasteiger partial charge in [0, 0.05) is 21.6 Å². The van der Waals surface area contributed by atoms with E-state index in [0.29, 0.717) is 13.2 Å². The van der Waals surface area contributed by atoms with Crippen LogP contribution in [0, 0.1) is 15.4 Å². The molecule has 278 valence electrons. The monoisotopic (exact) mass is 924 g/mol. The molecule has 4 heterocycles. The summed E-state index contributed by atoms with van der Waals surface area (Å²) in [6.45, 7) is 4.31. The third kappa shape index (κ3) is 8.49. The van der Waals surface area contributed by atoms with Gasteiger partial charge in [0.25, 0.3) is 0 Å². The molecule has 0 spiro atoms. The molecule has 2 aromatic carbocycles. The van der Waals surface area contributed by atoms with Crippen molar-refractivity contribution in [3.05, 3.63) is 63.2 Å². The Morgan fingerprint density at radius 1 is 0.667 bits per heavy atom.